The summed E-state index contributed by atoms with van der Waals surface area (Å²) in [7, 11) is 0. The lowest BCUT2D eigenvalue weighted by Crippen LogP contribution is -2.17. The molecule has 22 heavy (non-hydrogen) atoms. The summed E-state index contributed by atoms with van der Waals surface area (Å²) in [5.41, 5.74) is -0.454. The Bertz CT molecular complexity index is 781. The highest BCUT2D eigenvalue weighted by Gasteiger charge is 2.37. The zero-order chi connectivity index (χ0) is 16.7. The Balaban J connectivity index is 2.88. The minimum atomic E-state index is -4.62. The maximum Gasteiger partial charge on any atom is 0.418 e. The van der Waals surface area contributed by atoms with Gasteiger partial charge >= 0.3 is 6.18 Å². The van der Waals surface area contributed by atoms with Crippen molar-refractivity contribution >= 4 is 16.7 Å². The van der Waals surface area contributed by atoms with Crippen molar-refractivity contribution in [3.63, 3.8) is 0 Å². The summed E-state index contributed by atoms with van der Waals surface area (Å²) < 4.78 is 41.6. The highest BCUT2D eigenvalue weighted by atomic mass is 19.4. The molecule has 0 amide bonds. The van der Waals surface area contributed by atoms with Gasteiger partial charge in [-0.25, -0.2) is 0 Å². The molecule has 0 aliphatic rings. The van der Waals surface area contributed by atoms with Gasteiger partial charge in [0.15, 0.2) is 5.78 Å². The molecule has 0 N–H and O–H groups in total. The van der Waals surface area contributed by atoms with Crippen LogP contribution in [0, 0.1) is 18.3 Å². The van der Waals surface area contributed by atoms with Gasteiger partial charge in [-0.3, -0.25) is 4.79 Å². The molecular weight excluding hydrogens is 293 g/mol. The number of Topliss-reactive ketones (excluding diaryl/α,β-unsaturated/α-hetero) is 1. The van der Waals surface area contributed by atoms with E-state index in [0.29, 0.717) is 17.6 Å². The van der Waals surface area contributed by atoms with E-state index >= 15 is 0 Å². The molecule has 0 aliphatic heterocycles. The van der Waals surface area contributed by atoms with E-state index in [1.54, 1.807) is 17.6 Å². The number of benzene rings is 1. The van der Waals surface area contributed by atoms with E-state index in [0.717, 1.165) is 6.07 Å². The first-order valence-corrected chi connectivity index (χ1v) is 6.84. The molecule has 1 heterocycles. The van der Waals surface area contributed by atoms with Crippen LogP contribution in [0.25, 0.3) is 10.9 Å². The maximum atomic E-state index is 13.3. The minimum absolute atomic E-state index is 0.0382. The number of alkyl halides is 3. The Kier molecular flexibility index (Phi) is 4.01. The predicted molar refractivity (Wildman–Crippen MR) is 76.4 cm³/mol. The second-order valence-corrected chi connectivity index (χ2v) is 5.22. The monoisotopic (exact) mass is 308 g/mol. The summed E-state index contributed by atoms with van der Waals surface area (Å²) >= 11 is 0. The fourth-order valence-electron chi connectivity index (χ4n) is 2.90. The molecule has 6 heteroatoms. The Morgan fingerprint density at radius 1 is 1.41 bits per heavy atom. The number of carbonyl (C=O) groups excluding carboxylic acids is 1. The van der Waals surface area contributed by atoms with Crippen LogP contribution in [0.5, 0.6) is 0 Å². The van der Waals surface area contributed by atoms with Crippen molar-refractivity contribution in [2.45, 2.75) is 39.4 Å². The van der Waals surface area contributed by atoms with Crippen LogP contribution in [0.3, 0.4) is 0 Å². The van der Waals surface area contributed by atoms with Gasteiger partial charge in [-0.2, -0.15) is 18.4 Å². The number of ketones is 1. The number of rotatable bonds is 3. The fraction of sp³-hybridized carbons (Fsp3) is 0.375. The Hall–Kier alpha value is -2.29. The first-order chi connectivity index (χ1) is 10.2. The van der Waals surface area contributed by atoms with Crippen molar-refractivity contribution in [1.29, 1.82) is 5.26 Å². The van der Waals surface area contributed by atoms with E-state index in [9.17, 15) is 18.0 Å². The third-order valence-electron chi connectivity index (χ3n) is 3.79. The lowest BCUT2D eigenvalue weighted by molar-refractivity contribution is -0.136. The third-order valence-corrected chi connectivity index (χ3v) is 3.79. The van der Waals surface area contributed by atoms with Crippen LogP contribution in [0.15, 0.2) is 18.2 Å². The van der Waals surface area contributed by atoms with E-state index < -0.39 is 23.3 Å². The quantitative estimate of drug-likeness (QED) is 0.844. The molecule has 0 saturated heterocycles. The smallest absolute Gasteiger partial charge is 0.334 e. The molecule has 3 nitrogen and oxygen atoms in total. The largest absolute Gasteiger partial charge is 0.418 e. The van der Waals surface area contributed by atoms with E-state index in [-0.39, 0.29) is 11.2 Å². The van der Waals surface area contributed by atoms with Crippen LogP contribution in [0.1, 0.15) is 43.1 Å². The van der Waals surface area contributed by atoms with Gasteiger partial charge in [0.2, 0.25) is 0 Å². The third kappa shape index (κ3) is 2.47. The molecule has 1 aromatic heterocycles. The normalized spacial score (nSPS) is 13.1. The summed E-state index contributed by atoms with van der Waals surface area (Å²) in [6.07, 6.45) is -4.14. The first-order valence-electron chi connectivity index (χ1n) is 6.84. The van der Waals surface area contributed by atoms with Crippen LogP contribution >= 0.6 is 0 Å². The van der Waals surface area contributed by atoms with Crippen LogP contribution in [0.4, 0.5) is 13.2 Å². The van der Waals surface area contributed by atoms with Crippen molar-refractivity contribution < 1.29 is 18.0 Å². The molecule has 1 atom stereocenters. The topological polar surface area (TPSA) is 45.8 Å². The van der Waals surface area contributed by atoms with Gasteiger partial charge in [-0.15, -0.1) is 0 Å². The number of hydrogen-bond donors (Lipinski definition) is 0. The summed E-state index contributed by atoms with van der Waals surface area (Å²) in [5, 5.41) is 8.91. The average Bonchev–Trinajstić information content (AvgIpc) is 2.73. The van der Waals surface area contributed by atoms with Gasteiger partial charge in [0.05, 0.1) is 23.2 Å². The molecule has 0 aliphatic carbocycles. The van der Waals surface area contributed by atoms with Gasteiger partial charge in [0, 0.05) is 16.6 Å². The second kappa shape index (κ2) is 5.48. The van der Waals surface area contributed by atoms with Gasteiger partial charge in [-0.05, 0) is 38.5 Å². The van der Waals surface area contributed by atoms with E-state index in [2.05, 4.69) is 0 Å². The predicted octanol–water partition coefficient (Wildman–Crippen LogP) is 4.38. The average molecular weight is 308 g/mol. The van der Waals surface area contributed by atoms with Crippen molar-refractivity contribution in [2.24, 2.45) is 0 Å². The van der Waals surface area contributed by atoms with Crippen molar-refractivity contribution in [3.05, 3.63) is 35.0 Å². The van der Waals surface area contributed by atoms with Crippen LogP contribution in [-0.4, -0.2) is 10.4 Å². The van der Waals surface area contributed by atoms with Gasteiger partial charge < -0.3 is 4.57 Å². The fourth-order valence-corrected chi connectivity index (χ4v) is 2.90. The number of hydrogen-bond acceptors (Lipinski definition) is 2. The summed E-state index contributed by atoms with van der Waals surface area (Å²) in [4.78, 5) is 11.8. The van der Waals surface area contributed by atoms with Crippen LogP contribution in [0.2, 0.25) is 0 Å². The number of aromatic nitrogens is 1. The number of nitrogens with zero attached hydrogens (tertiary/aromatic N) is 2. The second-order valence-electron chi connectivity index (χ2n) is 5.22. The number of fused-ring (bicyclic) bond motifs is 1. The SMILES string of the molecule is CCC(C(C)=O)n1c(C)cc2c(C(F)(F)F)c(C#N)ccc21. The molecule has 0 fully saturated rings. The number of carbonyl (C=O) groups is 1. The lowest BCUT2D eigenvalue weighted by atomic mass is 10.0. The Labute approximate surface area is 126 Å². The molecular formula is C16H15F3N2O. The van der Waals surface area contributed by atoms with Crippen LogP contribution < -0.4 is 0 Å². The standard InChI is InChI=1S/C16H15F3N2O/c1-4-13(10(3)22)21-9(2)7-12-14(21)6-5-11(8-20)15(12)16(17,18)19/h5-7,13H,4H2,1-3H3. The van der Waals surface area contributed by atoms with Crippen molar-refractivity contribution in [1.82, 2.24) is 4.57 Å². The first kappa shape index (κ1) is 16.1. The Morgan fingerprint density at radius 2 is 2.05 bits per heavy atom. The minimum Gasteiger partial charge on any atom is -0.334 e. The molecule has 0 bridgehead atoms. The van der Waals surface area contributed by atoms with Gasteiger partial charge in [0.1, 0.15) is 0 Å². The van der Waals surface area contributed by atoms with Crippen molar-refractivity contribution in [2.75, 3.05) is 0 Å². The van der Waals surface area contributed by atoms with Gasteiger partial charge in [-0.1, -0.05) is 6.92 Å². The summed E-state index contributed by atoms with van der Waals surface area (Å²) in [5.74, 6) is -0.110. The molecule has 116 valence electrons. The highest BCUT2D eigenvalue weighted by Crippen LogP contribution is 2.39. The highest BCUT2D eigenvalue weighted by molar-refractivity contribution is 5.90. The molecule has 0 radical (unpaired) electrons. The Morgan fingerprint density at radius 3 is 2.50 bits per heavy atom. The molecule has 2 aromatic rings. The lowest BCUT2D eigenvalue weighted by Gasteiger charge is -2.18. The van der Waals surface area contributed by atoms with E-state index in [1.807, 2.05) is 6.92 Å². The van der Waals surface area contributed by atoms with Crippen molar-refractivity contribution in [3.8, 4) is 6.07 Å². The van der Waals surface area contributed by atoms with E-state index in [4.69, 9.17) is 5.26 Å². The molecule has 0 saturated carbocycles. The van der Waals surface area contributed by atoms with E-state index in [1.165, 1.54) is 19.1 Å². The zero-order valence-corrected chi connectivity index (χ0v) is 12.5. The number of halogens is 3. The summed E-state index contributed by atoms with van der Waals surface area (Å²) in [6, 6.07) is 5.11. The molecule has 1 unspecified atom stereocenters. The number of nitriles is 1. The molecule has 1 aromatic carbocycles. The zero-order valence-electron chi connectivity index (χ0n) is 12.5. The molecule has 2 rings (SSSR count). The number of aryl methyl sites for hydroxylation is 1. The maximum absolute atomic E-state index is 13.3. The summed E-state index contributed by atoms with van der Waals surface area (Å²) in [6.45, 7) is 4.90. The van der Waals surface area contributed by atoms with Gasteiger partial charge in [0.25, 0.3) is 0 Å². The molecule has 0 spiro atoms. The van der Waals surface area contributed by atoms with Crippen LogP contribution in [-0.2, 0) is 11.0 Å².